The van der Waals surface area contributed by atoms with Crippen molar-refractivity contribution in [3.05, 3.63) is 23.9 Å². The topological polar surface area (TPSA) is 60.1 Å². The molecule has 0 atom stereocenters. The lowest BCUT2D eigenvalue weighted by Gasteiger charge is -2.29. The molecule has 0 amide bonds. The van der Waals surface area contributed by atoms with Gasteiger partial charge in [-0.05, 0) is 25.0 Å². The Balaban J connectivity index is 2.04. The van der Waals surface area contributed by atoms with E-state index in [9.17, 15) is 5.11 Å². The molecule has 0 aliphatic heterocycles. The van der Waals surface area contributed by atoms with Gasteiger partial charge in [0, 0.05) is 19.8 Å². The van der Waals surface area contributed by atoms with Crippen LogP contribution in [0.1, 0.15) is 31.2 Å². The third-order valence-electron chi connectivity index (χ3n) is 3.33. The normalized spacial score (nSPS) is 17.7. The van der Waals surface area contributed by atoms with E-state index >= 15 is 0 Å². The van der Waals surface area contributed by atoms with Gasteiger partial charge in [-0.25, -0.2) is 4.98 Å². The summed E-state index contributed by atoms with van der Waals surface area (Å²) < 4.78 is 0. The molecule has 1 fully saturated rings. The van der Waals surface area contributed by atoms with Gasteiger partial charge in [0.25, 0.3) is 0 Å². The monoisotopic (exact) mass is 231 g/mol. The van der Waals surface area contributed by atoms with Crippen molar-refractivity contribution in [3.8, 4) is 6.07 Å². The lowest BCUT2D eigenvalue weighted by Crippen LogP contribution is -2.39. The van der Waals surface area contributed by atoms with Gasteiger partial charge in [0.05, 0.1) is 11.2 Å². The summed E-state index contributed by atoms with van der Waals surface area (Å²) in [6.07, 6.45) is 5.50. The smallest absolute Gasteiger partial charge is 0.128 e. The highest BCUT2D eigenvalue weighted by Crippen LogP contribution is 2.30. The fraction of sp³-hybridized carbons (Fsp3) is 0.538. The van der Waals surface area contributed by atoms with Gasteiger partial charge in [-0.2, -0.15) is 5.26 Å². The Hall–Kier alpha value is -1.60. The number of hydrogen-bond acceptors (Lipinski definition) is 4. The lowest BCUT2D eigenvalue weighted by molar-refractivity contribution is 0.0558. The van der Waals surface area contributed by atoms with Crippen LogP contribution in [0.15, 0.2) is 18.3 Å². The Kier molecular flexibility index (Phi) is 3.30. The summed E-state index contributed by atoms with van der Waals surface area (Å²) in [5, 5.41) is 19.0. The molecule has 4 heteroatoms. The summed E-state index contributed by atoms with van der Waals surface area (Å²) >= 11 is 0. The number of nitrogens with zero attached hydrogens (tertiary/aromatic N) is 3. The van der Waals surface area contributed by atoms with Crippen LogP contribution in [0.25, 0.3) is 0 Å². The first-order valence-electron chi connectivity index (χ1n) is 5.93. The molecule has 1 N–H and O–H groups in total. The van der Waals surface area contributed by atoms with E-state index in [-0.39, 0.29) is 0 Å². The van der Waals surface area contributed by atoms with Crippen molar-refractivity contribution in [1.29, 1.82) is 5.26 Å². The maximum Gasteiger partial charge on any atom is 0.128 e. The Morgan fingerprint density at radius 1 is 1.47 bits per heavy atom. The average molecular weight is 231 g/mol. The molecule has 1 saturated carbocycles. The van der Waals surface area contributed by atoms with Crippen LogP contribution in [0, 0.1) is 11.3 Å². The molecule has 0 saturated heterocycles. The van der Waals surface area contributed by atoms with Crippen molar-refractivity contribution in [2.24, 2.45) is 0 Å². The second kappa shape index (κ2) is 4.72. The van der Waals surface area contributed by atoms with E-state index in [0.717, 1.165) is 31.5 Å². The Morgan fingerprint density at radius 3 is 2.71 bits per heavy atom. The second-order valence-electron chi connectivity index (χ2n) is 4.80. The van der Waals surface area contributed by atoms with Gasteiger partial charge >= 0.3 is 0 Å². The number of nitriles is 1. The Labute approximate surface area is 102 Å². The van der Waals surface area contributed by atoms with Gasteiger partial charge in [0.15, 0.2) is 0 Å². The van der Waals surface area contributed by atoms with Crippen LogP contribution in [0.2, 0.25) is 0 Å². The van der Waals surface area contributed by atoms with Gasteiger partial charge in [-0.1, -0.05) is 12.8 Å². The molecule has 1 aliphatic rings. The molecule has 4 nitrogen and oxygen atoms in total. The Morgan fingerprint density at radius 2 is 2.18 bits per heavy atom. The molecule has 0 aromatic carbocycles. The minimum Gasteiger partial charge on any atom is -0.388 e. The van der Waals surface area contributed by atoms with E-state index in [1.165, 1.54) is 0 Å². The summed E-state index contributed by atoms with van der Waals surface area (Å²) in [6, 6.07) is 5.61. The van der Waals surface area contributed by atoms with Crippen molar-refractivity contribution in [3.63, 3.8) is 0 Å². The molecule has 1 aromatic heterocycles. The van der Waals surface area contributed by atoms with E-state index in [1.54, 1.807) is 12.3 Å². The minimum absolute atomic E-state index is 0.557. The summed E-state index contributed by atoms with van der Waals surface area (Å²) in [5.41, 5.74) is -0.00799. The number of anilines is 1. The van der Waals surface area contributed by atoms with Crippen molar-refractivity contribution in [1.82, 2.24) is 4.98 Å². The van der Waals surface area contributed by atoms with Crippen molar-refractivity contribution in [2.75, 3.05) is 18.5 Å². The van der Waals surface area contributed by atoms with Gasteiger partial charge in [-0.3, -0.25) is 0 Å². The van der Waals surface area contributed by atoms with Gasteiger partial charge in [0.2, 0.25) is 0 Å². The van der Waals surface area contributed by atoms with Crippen molar-refractivity contribution < 1.29 is 5.11 Å². The molecule has 0 spiro atoms. The van der Waals surface area contributed by atoms with Crippen LogP contribution in [-0.4, -0.2) is 29.3 Å². The van der Waals surface area contributed by atoms with Crippen LogP contribution in [0.3, 0.4) is 0 Å². The molecule has 0 radical (unpaired) electrons. The fourth-order valence-electron chi connectivity index (χ4n) is 2.39. The zero-order valence-corrected chi connectivity index (χ0v) is 10.1. The number of likely N-dealkylation sites (N-methyl/N-ethyl adjacent to an activating group) is 1. The molecule has 0 bridgehead atoms. The third kappa shape index (κ3) is 2.75. The van der Waals surface area contributed by atoms with E-state index in [1.807, 2.05) is 24.1 Å². The van der Waals surface area contributed by atoms with Crippen molar-refractivity contribution >= 4 is 5.82 Å². The van der Waals surface area contributed by atoms with E-state index in [4.69, 9.17) is 5.26 Å². The van der Waals surface area contributed by atoms with Crippen LogP contribution in [0.5, 0.6) is 0 Å². The third-order valence-corrected chi connectivity index (χ3v) is 3.33. The second-order valence-corrected chi connectivity index (χ2v) is 4.80. The molecule has 90 valence electrons. The highest BCUT2D eigenvalue weighted by atomic mass is 16.3. The first-order chi connectivity index (χ1) is 8.13. The summed E-state index contributed by atoms with van der Waals surface area (Å²) in [4.78, 5) is 6.17. The maximum atomic E-state index is 10.3. The van der Waals surface area contributed by atoms with E-state index < -0.39 is 5.60 Å². The number of pyridine rings is 1. The van der Waals surface area contributed by atoms with Crippen LogP contribution >= 0.6 is 0 Å². The predicted molar refractivity (Wildman–Crippen MR) is 65.6 cm³/mol. The zero-order chi connectivity index (χ0) is 12.3. The summed E-state index contributed by atoms with van der Waals surface area (Å²) in [5.74, 6) is 0.796. The standard InChI is InChI=1S/C13H17N3O/c1-16(10-13(17)6-2-3-7-13)12-5-4-11(8-14)9-15-12/h4-5,9,17H,2-3,6-7,10H2,1H3. The largest absolute Gasteiger partial charge is 0.388 e. The zero-order valence-electron chi connectivity index (χ0n) is 10.1. The maximum absolute atomic E-state index is 10.3. The molecule has 17 heavy (non-hydrogen) atoms. The lowest BCUT2D eigenvalue weighted by atomic mass is 10.0. The molecule has 1 aliphatic carbocycles. The molecular weight excluding hydrogens is 214 g/mol. The molecule has 1 aromatic rings. The first kappa shape index (κ1) is 11.9. The first-order valence-corrected chi connectivity index (χ1v) is 5.93. The minimum atomic E-state index is -0.565. The van der Waals surface area contributed by atoms with Gasteiger partial charge < -0.3 is 10.0 Å². The van der Waals surface area contributed by atoms with Crippen LogP contribution in [-0.2, 0) is 0 Å². The average Bonchev–Trinajstić information content (AvgIpc) is 2.76. The van der Waals surface area contributed by atoms with E-state index in [0.29, 0.717) is 12.1 Å². The van der Waals surface area contributed by atoms with E-state index in [2.05, 4.69) is 4.98 Å². The fourth-order valence-corrected chi connectivity index (χ4v) is 2.39. The number of aromatic nitrogens is 1. The number of aliphatic hydroxyl groups is 1. The molecule has 1 heterocycles. The Bertz CT molecular complexity index is 415. The highest BCUT2D eigenvalue weighted by Gasteiger charge is 2.32. The predicted octanol–water partition coefficient (Wildman–Crippen LogP) is 1.69. The van der Waals surface area contributed by atoms with Crippen LogP contribution < -0.4 is 4.90 Å². The van der Waals surface area contributed by atoms with Crippen molar-refractivity contribution in [2.45, 2.75) is 31.3 Å². The quantitative estimate of drug-likeness (QED) is 0.860. The summed E-state index contributed by atoms with van der Waals surface area (Å²) in [7, 11) is 1.92. The SMILES string of the molecule is CN(CC1(O)CCCC1)c1ccc(C#N)cn1. The molecular formula is C13H17N3O. The number of rotatable bonds is 3. The molecule has 0 unspecified atom stereocenters. The van der Waals surface area contributed by atoms with Gasteiger partial charge in [-0.15, -0.1) is 0 Å². The number of hydrogen-bond donors (Lipinski definition) is 1. The summed E-state index contributed by atoms with van der Waals surface area (Å²) in [6.45, 7) is 0.603. The van der Waals surface area contributed by atoms with Gasteiger partial charge in [0.1, 0.15) is 11.9 Å². The van der Waals surface area contributed by atoms with Crippen LogP contribution in [0.4, 0.5) is 5.82 Å². The molecule has 2 rings (SSSR count). The highest BCUT2D eigenvalue weighted by molar-refractivity contribution is 5.41.